The summed E-state index contributed by atoms with van der Waals surface area (Å²) in [6, 6.07) is 0. The first kappa shape index (κ1) is 6.69. The number of hydrogen-bond donors (Lipinski definition) is 0. The van der Waals surface area contributed by atoms with Gasteiger partial charge < -0.3 is 0 Å². The largest absolute Gasteiger partial charge is 0.0533 e. The standard InChI is InChI=1S/C10H18/c1-2-4-6-9-8-10(9)7-5-3-1/h9-10H,1-8H2. The molecule has 2 unspecified atom stereocenters. The Balaban J connectivity index is 1.77. The Bertz CT molecular complexity index is 94.6. The van der Waals surface area contributed by atoms with Crippen LogP contribution in [0.3, 0.4) is 0 Å². The number of rotatable bonds is 0. The molecule has 0 aromatic carbocycles. The zero-order valence-corrected chi connectivity index (χ0v) is 6.81. The predicted molar refractivity (Wildman–Crippen MR) is 43.9 cm³/mol. The van der Waals surface area contributed by atoms with Gasteiger partial charge in [-0.1, -0.05) is 44.9 Å². The molecule has 0 saturated heterocycles. The number of fused-ring (bicyclic) bond motifs is 1. The average Bonchev–Trinajstić information content (AvgIpc) is 2.66. The first-order valence-electron chi connectivity index (χ1n) is 4.97. The van der Waals surface area contributed by atoms with E-state index in [9.17, 15) is 0 Å². The van der Waals surface area contributed by atoms with E-state index in [0.717, 1.165) is 0 Å². The van der Waals surface area contributed by atoms with Crippen LogP contribution in [0, 0.1) is 11.8 Å². The van der Waals surface area contributed by atoms with Gasteiger partial charge in [0.2, 0.25) is 0 Å². The lowest BCUT2D eigenvalue weighted by Gasteiger charge is -1.96. The average molecular weight is 138 g/mol. The Morgan fingerprint density at radius 2 is 1.10 bits per heavy atom. The van der Waals surface area contributed by atoms with Gasteiger partial charge in [-0.05, 0) is 18.3 Å². The molecule has 10 heavy (non-hydrogen) atoms. The second kappa shape index (κ2) is 2.94. The van der Waals surface area contributed by atoms with Crippen molar-refractivity contribution in [3.05, 3.63) is 0 Å². The third kappa shape index (κ3) is 1.53. The molecule has 0 aromatic heterocycles. The minimum Gasteiger partial charge on any atom is -0.0533 e. The third-order valence-corrected chi connectivity index (χ3v) is 3.22. The van der Waals surface area contributed by atoms with Crippen LogP contribution in [0.15, 0.2) is 0 Å². The van der Waals surface area contributed by atoms with Crippen LogP contribution in [0.5, 0.6) is 0 Å². The molecule has 0 aliphatic heterocycles. The van der Waals surface area contributed by atoms with E-state index < -0.39 is 0 Å². The monoisotopic (exact) mass is 138 g/mol. The maximum atomic E-state index is 1.58. The third-order valence-electron chi connectivity index (χ3n) is 3.22. The molecule has 0 radical (unpaired) electrons. The smallest absolute Gasteiger partial charge is 0.0383 e. The minimum atomic E-state index is 1.18. The molecule has 58 valence electrons. The van der Waals surface area contributed by atoms with Crippen molar-refractivity contribution in [2.24, 2.45) is 11.8 Å². The number of hydrogen-bond acceptors (Lipinski definition) is 0. The van der Waals surface area contributed by atoms with E-state index in [1.165, 1.54) is 43.9 Å². The zero-order valence-electron chi connectivity index (χ0n) is 6.81. The van der Waals surface area contributed by atoms with Crippen molar-refractivity contribution in [2.75, 3.05) is 0 Å². The summed E-state index contributed by atoms with van der Waals surface area (Å²) in [7, 11) is 0. The summed E-state index contributed by atoms with van der Waals surface area (Å²) < 4.78 is 0. The van der Waals surface area contributed by atoms with Crippen LogP contribution in [-0.2, 0) is 0 Å². The van der Waals surface area contributed by atoms with E-state index >= 15 is 0 Å². The van der Waals surface area contributed by atoms with Crippen LogP contribution in [-0.4, -0.2) is 0 Å². The van der Waals surface area contributed by atoms with Gasteiger partial charge in [-0.3, -0.25) is 0 Å². The van der Waals surface area contributed by atoms with Crippen molar-refractivity contribution in [2.45, 2.75) is 51.4 Å². The van der Waals surface area contributed by atoms with Crippen LogP contribution < -0.4 is 0 Å². The first-order chi connectivity index (χ1) is 4.97. The molecular weight excluding hydrogens is 120 g/mol. The summed E-state index contributed by atoms with van der Waals surface area (Å²) >= 11 is 0. The van der Waals surface area contributed by atoms with Crippen molar-refractivity contribution in [1.29, 1.82) is 0 Å². The van der Waals surface area contributed by atoms with Gasteiger partial charge >= 0.3 is 0 Å². The van der Waals surface area contributed by atoms with Crippen LogP contribution in [0.4, 0.5) is 0 Å². The van der Waals surface area contributed by atoms with Gasteiger partial charge in [-0.2, -0.15) is 0 Å². The molecule has 0 heterocycles. The molecule has 0 bridgehead atoms. The van der Waals surface area contributed by atoms with Crippen molar-refractivity contribution in [3.8, 4) is 0 Å². The molecule has 2 rings (SSSR count). The lowest BCUT2D eigenvalue weighted by Crippen LogP contribution is -1.80. The molecule has 2 aliphatic carbocycles. The molecule has 2 saturated carbocycles. The topological polar surface area (TPSA) is 0 Å². The molecular formula is C10H18. The molecule has 2 fully saturated rings. The lowest BCUT2D eigenvalue weighted by atomic mass is 10.1. The fourth-order valence-corrected chi connectivity index (χ4v) is 2.36. The molecule has 0 nitrogen and oxygen atoms in total. The summed E-state index contributed by atoms with van der Waals surface area (Å²) in [5, 5.41) is 0. The maximum Gasteiger partial charge on any atom is -0.0383 e. The van der Waals surface area contributed by atoms with E-state index in [1.54, 1.807) is 19.3 Å². The summed E-state index contributed by atoms with van der Waals surface area (Å²) in [6.45, 7) is 0. The highest BCUT2D eigenvalue weighted by molar-refractivity contribution is 4.86. The highest BCUT2D eigenvalue weighted by atomic mass is 14.4. The summed E-state index contributed by atoms with van der Waals surface area (Å²) in [5.41, 5.74) is 0. The van der Waals surface area contributed by atoms with Crippen LogP contribution in [0.1, 0.15) is 51.4 Å². The normalized spacial score (nSPS) is 40.8. The SMILES string of the molecule is C1CCCC2CC2CCC1. The molecule has 2 aliphatic rings. The van der Waals surface area contributed by atoms with E-state index in [-0.39, 0.29) is 0 Å². The molecule has 0 heteroatoms. The Hall–Kier alpha value is 0. The van der Waals surface area contributed by atoms with Gasteiger partial charge in [-0.15, -0.1) is 0 Å². The van der Waals surface area contributed by atoms with E-state index in [4.69, 9.17) is 0 Å². The summed E-state index contributed by atoms with van der Waals surface area (Å²) in [5.74, 6) is 2.36. The minimum absolute atomic E-state index is 1.18. The fraction of sp³-hybridized carbons (Fsp3) is 1.00. The Morgan fingerprint density at radius 1 is 0.600 bits per heavy atom. The highest BCUT2D eigenvalue weighted by Gasteiger charge is 2.35. The van der Waals surface area contributed by atoms with E-state index in [2.05, 4.69) is 0 Å². The van der Waals surface area contributed by atoms with Crippen molar-refractivity contribution < 1.29 is 0 Å². The molecule has 0 N–H and O–H groups in total. The van der Waals surface area contributed by atoms with Gasteiger partial charge in [0.25, 0.3) is 0 Å². The Labute approximate surface area is 64.0 Å². The second-order valence-corrected chi connectivity index (χ2v) is 4.10. The van der Waals surface area contributed by atoms with Gasteiger partial charge in [0.05, 0.1) is 0 Å². The molecule has 2 atom stereocenters. The fourth-order valence-electron chi connectivity index (χ4n) is 2.36. The maximum absolute atomic E-state index is 1.58. The van der Waals surface area contributed by atoms with Gasteiger partial charge in [-0.25, -0.2) is 0 Å². The van der Waals surface area contributed by atoms with E-state index in [0.29, 0.717) is 0 Å². The summed E-state index contributed by atoms with van der Waals surface area (Å²) in [6.07, 6.45) is 12.3. The second-order valence-electron chi connectivity index (χ2n) is 4.10. The van der Waals surface area contributed by atoms with Gasteiger partial charge in [0.1, 0.15) is 0 Å². The zero-order chi connectivity index (χ0) is 6.81. The Morgan fingerprint density at radius 3 is 1.70 bits per heavy atom. The first-order valence-corrected chi connectivity index (χ1v) is 4.97. The van der Waals surface area contributed by atoms with Crippen LogP contribution in [0.25, 0.3) is 0 Å². The molecule has 0 amide bonds. The summed E-state index contributed by atoms with van der Waals surface area (Å²) in [4.78, 5) is 0. The van der Waals surface area contributed by atoms with Crippen LogP contribution >= 0.6 is 0 Å². The van der Waals surface area contributed by atoms with Gasteiger partial charge in [0.15, 0.2) is 0 Å². The molecule has 0 aromatic rings. The van der Waals surface area contributed by atoms with Gasteiger partial charge in [0, 0.05) is 0 Å². The predicted octanol–water partition coefficient (Wildman–Crippen LogP) is 3.37. The van der Waals surface area contributed by atoms with E-state index in [1.807, 2.05) is 0 Å². The highest BCUT2D eigenvalue weighted by Crippen LogP contribution is 2.46. The quantitative estimate of drug-likeness (QED) is 0.481. The van der Waals surface area contributed by atoms with Crippen molar-refractivity contribution in [1.82, 2.24) is 0 Å². The molecule has 0 spiro atoms. The van der Waals surface area contributed by atoms with Crippen molar-refractivity contribution >= 4 is 0 Å². The van der Waals surface area contributed by atoms with Crippen LogP contribution in [0.2, 0.25) is 0 Å². The Kier molecular flexibility index (Phi) is 1.97. The van der Waals surface area contributed by atoms with Crippen molar-refractivity contribution in [3.63, 3.8) is 0 Å². The lowest BCUT2D eigenvalue weighted by molar-refractivity contribution is 0.593.